The summed E-state index contributed by atoms with van der Waals surface area (Å²) in [7, 11) is 0. The van der Waals surface area contributed by atoms with Crippen molar-refractivity contribution in [2.24, 2.45) is 5.92 Å². The minimum absolute atomic E-state index is 0.0100. The third kappa shape index (κ3) is 2.11. The van der Waals surface area contributed by atoms with Crippen LogP contribution < -0.4 is 0 Å². The van der Waals surface area contributed by atoms with Crippen LogP contribution in [0.2, 0.25) is 0 Å². The molecule has 1 rings (SSSR count). The van der Waals surface area contributed by atoms with Gasteiger partial charge < -0.3 is 0 Å². The second kappa shape index (κ2) is 4.23. The molecule has 0 aromatic heterocycles. The smallest absolute Gasteiger partial charge is 0.0838 e. The van der Waals surface area contributed by atoms with Crippen molar-refractivity contribution in [3.63, 3.8) is 0 Å². The largest absolute Gasteiger partial charge is 0.126 e. The van der Waals surface area contributed by atoms with Crippen LogP contribution in [0.3, 0.4) is 0 Å². The molecule has 0 aliphatic heterocycles. The number of halogens is 4. The molecule has 0 heterocycles. The number of alkyl halides is 3. The van der Waals surface area contributed by atoms with Gasteiger partial charge in [-0.2, -0.15) is 0 Å². The molecule has 1 aliphatic rings. The lowest BCUT2D eigenvalue weighted by molar-refractivity contribution is 0.599. The van der Waals surface area contributed by atoms with Crippen LogP contribution in [0.15, 0.2) is 23.3 Å². The summed E-state index contributed by atoms with van der Waals surface area (Å²) in [6, 6.07) is 0. The van der Waals surface area contributed by atoms with E-state index < -0.39 is 4.87 Å². The monoisotopic (exact) mass is 244 g/mol. The molecule has 2 unspecified atom stereocenters. The summed E-state index contributed by atoms with van der Waals surface area (Å²) in [5.74, 6) is 0.774. The molecule has 1 aliphatic carbocycles. The van der Waals surface area contributed by atoms with E-state index >= 15 is 0 Å². The van der Waals surface area contributed by atoms with E-state index in [1.54, 1.807) is 12.2 Å². The number of allylic oxidation sites excluding steroid dienone is 4. The fourth-order valence-corrected chi connectivity index (χ4v) is 2.19. The molecule has 0 fully saturated rings. The van der Waals surface area contributed by atoms with E-state index in [4.69, 9.17) is 46.4 Å². The first-order valence-electron chi connectivity index (χ1n) is 3.50. The zero-order valence-corrected chi connectivity index (χ0v) is 9.26. The fourth-order valence-electron chi connectivity index (χ4n) is 1.04. The number of hydrogen-bond acceptors (Lipinski definition) is 0. The highest BCUT2D eigenvalue weighted by atomic mass is 35.5. The SMILES string of the molecule is ClCC1C=C(Cl)C=CC1(Cl)CCl. The van der Waals surface area contributed by atoms with E-state index in [-0.39, 0.29) is 5.92 Å². The highest BCUT2D eigenvalue weighted by molar-refractivity contribution is 6.34. The minimum atomic E-state index is -0.568. The molecule has 0 radical (unpaired) electrons. The molecule has 0 aromatic carbocycles. The Morgan fingerprint density at radius 3 is 2.58 bits per heavy atom. The van der Waals surface area contributed by atoms with Crippen molar-refractivity contribution in [2.45, 2.75) is 4.87 Å². The van der Waals surface area contributed by atoms with Gasteiger partial charge in [0.2, 0.25) is 0 Å². The zero-order valence-electron chi connectivity index (χ0n) is 6.24. The van der Waals surface area contributed by atoms with E-state index in [1.165, 1.54) is 0 Å². The standard InChI is InChI=1S/C8H8Cl4/c9-4-6-3-7(11)1-2-8(6,12)5-10/h1-3,6H,4-5H2. The molecule has 68 valence electrons. The van der Waals surface area contributed by atoms with Crippen molar-refractivity contribution in [2.75, 3.05) is 11.8 Å². The van der Waals surface area contributed by atoms with Gasteiger partial charge in [0.15, 0.2) is 0 Å². The molecule has 0 N–H and O–H groups in total. The Kier molecular flexibility index (Phi) is 3.78. The Balaban J connectivity index is 2.86. The van der Waals surface area contributed by atoms with E-state index in [0.29, 0.717) is 16.8 Å². The first-order chi connectivity index (χ1) is 5.62. The molecule has 0 nitrogen and oxygen atoms in total. The maximum atomic E-state index is 6.18. The third-order valence-electron chi connectivity index (χ3n) is 1.87. The Morgan fingerprint density at radius 2 is 2.08 bits per heavy atom. The molecule has 0 aromatic rings. The van der Waals surface area contributed by atoms with Crippen LogP contribution in [0.4, 0.5) is 0 Å². The molecule has 12 heavy (non-hydrogen) atoms. The van der Waals surface area contributed by atoms with Crippen molar-refractivity contribution < 1.29 is 0 Å². The van der Waals surface area contributed by atoms with Gasteiger partial charge >= 0.3 is 0 Å². The van der Waals surface area contributed by atoms with Crippen molar-refractivity contribution in [3.8, 4) is 0 Å². The molecule has 0 saturated heterocycles. The zero-order chi connectivity index (χ0) is 9.19. The van der Waals surface area contributed by atoms with Crippen LogP contribution in [-0.4, -0.2) is 16.6 Å². The van der Waals surface area contributed by atoms with Gasteiger partial charge in [-0.1, -0.05) is 23.8 Å². The highest BCUT2D eigenvalue weighted by Crippen LogP contribution is 2.36. The first-order valence-corrected chi connectivity index (χ1v) is 5.32. The third-order valence-corrected chi connectivity index (χ3v) is 3.57. The predicted octanol–water partition coefficient (Wildman–Crippen LogP) is 3.75. The molecule has 2 atom stereocenters. The summed E-state index contributed by atoms with van der Waals surface area (Å²) >= 11 is 23.4. The number of hydrogen-bond donors (Lipinski definition) is 0. The van der Waals surface area contributed by atoms with Gasteiger partial charge in [-0.05, 0) is 6.08 Å². The Bertz CT molecular complexity index is 221. The number of rotatable bonds is 2. The van der Waals surface area contributed by atoms with Gasteiger partial charge in [-0.15, -0.1) is 34.8 Å². The Hall–Kier alpha value is 0.640. The van der Waals surface area contributed by atoms with Crippen LogP contribution in [0.5, 0.6) is 0 Å². The second-order valence-electron chi connectivity index (χ2n) is 2.71. The Morgan fingerprint density at radius 1 is 1.42 bits per heavy atom. The summed E-state index contributed by atoms with van der Waals surface area (Å²) in [5, 5.41) is 0.669. The lowest BCUT2D eigenvalue weighted by Gasteiger charge is -2.30. The molecule has 0 spiro atoms. The van der Waals surface area contributed by atoms with Gasteiger partial charge in [0.1, 0.15) is 0 Å². The topological polar surface area (TPSA) is 0 Å². The van der Waals surface area contributed by atoms with Crippen molar-refractivity contribution in [1.29, 1.82) is 0 Å². The van der Waals surface area contributed by atoms with Gasteiger partial charge in [0.25, 0.3) is 0 Å². The molecule has 4 heteroatoms. The average Bonchev–Trinajstić information content (AvgIpc) is 2.09. The highest BCUT2D eigenvalue weighted by Gasteiger charge is 2.33. The molecular weight excluding hydrogens is 238 g/mol. The molecule has 0 amide bonds. The quantitative estimate of drug-likeness (QED) is 0.651. The van der Waals surface area contributed by atoms with Crippen molar-refractivity contribution in [3.05, 3.63) is 23.3 Å². The maximum absolute atomic E-state index is 6.18. The lowest BCUT2D eigenvalue weighted by Crippen LogP contribution is -2.33. The minimum Gasteiger partial charge on any atom is -0.126 e. The Labute approximate surface area is 92.1 Å². The maximum Gasteiger partial charge on any atom is 0.0838 e. The fraction of sp³-hybridized carbons (Fsp3) is 0.500. The van der Waals surface area contributed by atoms with Crippen LogP contribution in [0.1, 0.15) is 0 Å². The first kappa shape index (κ1) is 10.7. The molecular formula is C8H8Cl4. The van der Waals surface area contributed by atoms with Crippen LogP contribution >= 0.6 is 46.4 Å². The second-order valence-corrected chi connectivity index (χ2v) is 4.42. The van der Waals surface area contributed by atoms with E-state index in [9.17, 15) is 0 Å². The predicted molar refractivity (Wildman–Crippen MR) is 56.6 cm³/mol. The summed E-state index contributed by atoms with van der Waals surface area (Å²) in [5.41, 5.74) is 0. The molecule has 0 saturated carbocycles. The van der Waals surface area contributed by atoms with Gasteiger partial charge in [-0.25, -0.2) is 0 Å². The normalized spacial score (nSPS) is 35.0. The summed E-state index contributed by atoms with van der Waals surface area (Å²) in [6.07, 6.45) is 5.39. The van der Waals surface area contributed by atoms with Crippen LogP contribution in [0, 0.1) is 5.92 Å². The van der Waals surface area contributed by atoms with Crippen LogP contribution in [-0.2, 0) is 0 Å². The molecule has 0 bridgehead atoms. The van der Waals surface area contributed by atoms with Gasteiger partial charge in [0, 0.05) is 22.7 Å². The average molecular weight is 246 g/mol. The van der Waals surface area contributed by atoms with E-state index in [0.717, 1.165) is 0 Å². The van der Waals surface area contributed by atoms with Crippen molar-refractivity contribution >= 4 is 46.4 Å². The summed E-state index contributed by atoms with van der Waals surface area (Å²) in [6.45, 7) is 0. The lowest BCUT2D eigenvalue weighted by atomic mass is 9.90. The summed E-state index contributed by atoms with van der Waals surface area (Å²) in [4.78, 5) is -0.568. The van der Waals surface area contributed by atoms with Gasteiger partial charge in [0.05, 0.1) is 4.87 Å². The van der Waals surface area contributed by atoms with E-state index in [2.05, 4.69) is 0 Å². The van der Waals surface area contributed by atoms with Crippen LogP contribution in [0.25, 0.3) is 0 Å². The van der Waals surface area contributed by atoms with Gasteiger partial charge in [-0.3, -0.25) is 0 Å². The van der Waals surface area contributed by atoms with Crippen molar-refractivity contribution in [1.82, 2.24) is 0 Å². The van der Waals surface area contributed by atoms with E-state index in [1.807, 2.05) is 6.08 Å². The summed E-state index contributed by atoms with van der Waals surface area (Å²) < 4.78 is 0.